The standard InChI is InChI=1S/C13H16BrN3O/c1-3-11-12(15)13(18)17(16(11)2)8-9-4-6-10(14)7-5-9/h4-7H,3,8,15H2,1-2H3. The van der Waals surface area contributed by atoms with Crippen molar-refractivity contribution in [3.8, 4) is 0 Å². The van der Waals surface area contributed by atoms with Crippen LogP contribution < -0.4 is 11.3 Å². The number of nitrogens with zero attached hydrogens (tertiary/aromatic N) is 2. The summed E-state index contributed by atoms with van der Waals surface area (Å²) in [6, 6.07) is 7.91. The van der Waals surface area contributed by atoms with Gasteiger partial charge in [0.1, 0.15) is 5.69 Å². The van der Waals surface area contributed by atoms with Crippen molar-refractivity contribution in [2.24, 2.45) is 7.05 Å². The molecule has 0 fully saturated rings. The Bertz CT molecular complexity index is 610. The van der Waals surface area contributed by atoms with Gasteiger partial charge in [-0.3, -0.25) is 9.48 Å². The Hall–Kier alpha value is -1.49. The predicted molar refractivity (Wildman–Crippen MR) is 76.7 cm³/mol. The van der Waals surface area contributed by atoms with Gasteiger partial charge in [-0.2, -0.15) is 0 Å². The second kappa shape index (κ2) is 5.02. The molecule has 0 aliphatic heterocycles. The molecule has 1 aromatic carbocycles. The topological polar surface area (TPSA) is 53.0 Å². The molecule has 0 unspecified atom stereocenters. The van der Waals surface area contributed by atoms with E-state index in [-0.39, 0.29) is 5.56 Å². The van der Waals surface area contributed by atoms with Crippen LogP contribution in [0.3, 0.4) is 0 Å². The van der Waals surface area contributed by atoms with Crippen molar-refractivity contribution in [3.05, 3.63) is 50.3 Å². The van der Waals surface area contributed by atoms with Gasteiger partial charge in [-0.15, -0.1) is 0 Å². The number of halogens is 1. The molecule has 96 valence electrons. The largest absolute Gasteiger partial charge is 0.393 e. The Labute approximate surface area is 114 Å². The minimum atomic E-state index is -0.114. The molecule has 0 spiro atoms. The lowest BCUT2D eigenvalue weighted by Crippen LogP contribution is -2.23. The maximum atomic E-state index is 12.0. The highest BCUT2D eigenvalue weighted by molar-refractivity contribution is 9.10. The van der Waals surface area contributed by atoms with E-state index >= 15 is 0 Å². The molecule has 2 N–H and O–H groups in total. The first-order chi connectivity index (χ1) is 8.54. The summed E-state index contributed by atoms with van der Waals surface area (Å²) in [7, 11) is 1.87. The summed E-state index contributed by atoms with van der Waals surface area (Å²) in [6.07, 6.45) is 0.755. The molecule has 0 amide bonds. The second-order valence-corrected chi connectivity index (χ2v) is 5.14. The smallest absolute Gasteiger partial charge is 0.290 e. The van der Waals surface area contributed by atoms with Crippen LogP contribution in [0.1, 0.15) is 18.2 Å². The number of aromatic nitrogens is 2. The highest BCUT2D eigenvalue weighted by Crippen LogP contribution is 2.13. The fourth-order valence-electron chi connectivity index (χ4n) is 2.08. The number of nitrogen functional groups attached to an aromatic ring is 1. The van der Waals surface area contributed by atoms with Gasteiger partial charge in [0.25, 0.3) is 5.56 Å². The van der Waals surface area contributed by atoms with Gasteiger partial charge in [0.2, 0.25) is 0 Å². The Morgan fingerprint density at radius 1 is 1.28 bits per heavy atom. The molecule has 18 heavy (non-hydrogen) atoms. The predicted octanol–water partition coefficient (Wildman–Crippen LogP) is 2.14. The number of benzene rings is 1. The minimum Gasteiger partial charge on any atom is -0.393 e. The van der Waals surface area contributed by atoms with Gasteiger partial charge in [0.05, 0.1) is 12.2 Å². The first kappa shape index (κ1) is 13.0. The zero-order valence-electron chi connectivity index (χ0n) is 10.5. The second-order valence-electron chi connectivity index (χ2n) is 4.23. The number of hydrogen-bond donors (Lipinski definition) is 1. The van der Waals surface area contributed by atoms with Crippen LogP contribution in [0.4, 0.5) is 5.69 Å². The molecule has 1 aromatic heterocycles. The molecule has 0 saturated carbocycles. The van der Waals surface area contributed by atoms with Crippen LogP contribution in [0.25, 0.3) is 0 Å². The van der Waals surface area contributed by atoms with E-state index < -0.39 is 0 Å². The molecule has 2 aromatic rings. The zero-order valence-corrected chi connectivity index (χ0v) is 12.1. The summed E-state index contributed by atoms with van der Waals surface area (Å²) in [5.41, 5.74) is 8.03. The Kier molecular flexibility index (Phi) is 3.61. The van der Waals surface area contributed by atoms with Gasteiger partial charge in [0.15, 0.2) is 0 Å². The molecule has 0 radical (unpaired) electrons. The van der Waals surface area contributed by atoms with E-state index in [1.165, 1.54) is 0 Å². The summed E-state index contributed by atoms with van der Waals surface area (Å²) in [5, 5.41) is 0. The SMILES string of the molecule is CCc1c(N)c(=O)n(Cc2ccc(Br)cc2)n1C. The summed E-state index contributed by atoms with van der Waals surface area (Å²) in [6.45, 7) is 2.53. The molecule has 1 heterocycles. The van der Waals surface area contributed by atoms with Crippen LogP contribution in [0.15, 0.2) is 33.5 Å². The van der Waals surface area contributed by atoms with E-state index in [0.717, 1.165) is 22.2 Å². The highest BCUT2D eigenvalue weighted by atomic mass is 79.9. The quantitative estimate of drug-likeness (QED) is 0.944. The van der Waals surface area contributed by atoms with Crippen molar-refractivity contribution in [1.82, 2.24) is 9.36 Å². The van der Waals surface area contributed by atoms with Gasteiger partial charge >= 0.3 is 0 Å². The number of anilines is 1. The van der Waals surface area contributed by atoms with Crippen molar-refractivity contribution < 1.29 is 0 Å². The van der Waals surface area contributed by atoms with E-state index in [1.54, 1.807) is 4.68 Å². The lowest BCUT2D eigenvalue weighted by Gasteiger charge is -2.09. The van der Waals surface area contributed by atoms with Crippen molar-refractivity contribution in [2.45, 2.75) is 19.9 Å². The van der Waals surface area contributed by atoms with E-state index in [2.05, 4.69) is 15.9 Å². The van der Waals surface area contributed by atoms with E-state index in [4.69, 9.17) is 5.73 Å². The summed E-state index contributed by atoms with van der Waals surface area (Å²) in [4.78, 5) is 12.0. The average Bonchev–Trinajstić information content (AvgIpc) is 2.56. The fourth-order valence-corrected chi connectivity index (χ4v) is 2.34. The minimum absolute atomic E-state index is 0.114. The van der Waals surface area contributed by atoms with Crippen molar-refractivity contribution in [1.29, 1.82) is 0 Å². The molecule has 0 atom stereocenters. The monoisotopic (exact) mass is 309 g/mol. The first-order valence-electron chi connectivity index (χ1n) is 5.83. The van der Waals surface area contributed by atoms with Crippen LogP contribution in [0, 0.1) is 0 Å². The summed E-state index contributed by atoms with van der Waals surface area (Å²) >= 11 is 3.39. The molecule has 0 aliphatic rings. The molecular formula is C13H16BrN3O. The third kappa shape index (κ3) is 2.22. The van der Waals surface area contributed by atoms with E-state index in [1.807, 2.05) is 42.9 Å². The summed E-state index contributed by atoms with van der Waals surface area (Å²) < 4.78 is 4.54. The van der Waals surface area contributed by atoms with Crippen molar-refractivity contribution >= 4 is 21.6 Å². The molecule has 0 saturated heterocycles. The molecule has 0 bridgehead atoms. The molecule has 4 nitrogen and oxygen atoms in total. The van der Waals surface area contributed by atoms with Crippen LogP contribution in [0.2, 0.25) is 0 Å². The van der Waals surface area contributed by atoms with Crippen LogP contribution in [-0.2, 0) is 20.0 Å². The Morgan fingerprint density at radius 3 is 2.39 bits per heavy atom. The number of rotatable bonds is 3. The zero-order chi connectivity index (χ0) is 13.3. The first-order valence-corrected chi connectivity index (χ1v) is 6.62. The van der Waals surface area contributed by atoms with Crippen LogP contribution >= 0.6 is 15.9 Å². The van der Waals surface area contributed by atoms with Gasteiger partial charge in [-0.05, 0) is 24.1 Å². The highest BCUT2D eigenvalue weighted by Gasteiger charge is 2.13. The average molecular weight is 310 g/mol. The number of nitrogens with two attached hydrogens (primary N) is 1. The van der Waals surface area contributed by atoms with E-state index in [0.29, 0.717) is 12.2 Å². The Morgan fingerprint density at radius 2 is 1.89 bits per heavy atom. The Balaban J connectivity index is 2.41. The lowest BCUT2D eigenvalue weighted by molar-refractivity contribution is 0.520. The van der Waals surface area contributed by atoms with Gasteiger partial charge in [-0.25, -0.2) is 4.68 Å². The van der Waals surface area contributed by atoms with Gasteiger partial charge < -0.3 is 5.73 Å². The fraction of sp³-hybridized carbons (Fsp3) is 0.308. The number of hydrogen-bond acceptors (Lipinski definition) is 2. The third-order valence-corrected chi connectivity index (χ3v) is 3.64. The van der Waals surface area contributed by atoms with Crippen LogP contribution in [0.5, 0.6) is 0 Å². The molecular weight excluding hydrogens is 294 g/mol. The third-order valence-electron chi connectivity index (χ3n) is 3.11. The van der Waals surface area contributed by atoms with E-state index in [9.17, 15) is 4.79 Å². The maximum absolute atomic E-state index is 12.0. The lowest BCUT2D eigenvalue weighted by atomic mass is 10.2. The maximum Gasteiger partial charge on any atom is 0.290 e. The molecule has 5 heteroatoms. The van der Waals surface area contributed by atoms with Crippen LogP contribution in [-0.4, -0.2) is 9.36 Å². The van der Waals surface area contributed by atoms with Crippen molar-refractivity contribution in [3.63, 3.8) is 0 Å². The normalized spacial score (nSPS) is 10.8. The molecule has 2 rings (SSSR count). The van der Waals surface area contributed by atoms with Gasteiger partial charge in [-0.1, -0.05) is 35.0 Å². The summed E-state index contributed by atoms with van der Waals surface area (Å²) in [5.74, 6) is 0. The molecule has 0 aliphatic carbocycles. The van der Waals surface area contributed by atoms with Gasteiger partial charge in [0, 0.05) is 11.5 Å². The van der Waals surface area contributed by atoms with Crippen molar-refractivity contribution in [2.75, 3.05) is 5.73 Å².